The van der Waals surface area contributed by atoms with Crippen LogP contribution in [-0.2, 0) is 15.8 Å². The number of nitrogens with zero attached hydrogens (tertiary/aromatic N) is 2. The Bertz CT molecular complexity index is 582. The quantitative estimate of drug-likeness (QED) is 0.850. The lowest BCUT2D eigenvalue weighted by atomic mass is 10.1. The average molecular weight is 294 g/mol. The molecule has 110 valence electrons. The number of aryl methyl sites for hydroxylation is 1. The minimum absolute atomic E-state index is 0.125. The van der Waals surface area contributed by atoms with Crippen molar-refractivity contribution in [3.8, 4) is 0 Å². The van der Waals surface area contributed by atoms with Crippen molar-refractivity contribution >= 4 is 10.0 Å². The van der Waals surface area contributed by atoms with Gasteiger partial charge in [0, 0.05) is 18.6 Å². The van der Waals surface area contributed by atoms with E-state index in [2.05, 4.69) is 11.9 Å². The number of benzene rings is 1. The Morgan fingerprint density at radius 1 is 1.10 bits per heavy atom. The highest BCUT2D eigenvalue weighted by Crippen LogP contribution is 2.33. The van der Waals surface area contributed by atoms with Crippen LogP contribution in [0.2, 0.25) is 0 Å². The zero-order chi connectivity index (χ0) is 14.3. The van der Waals surface area contributed by atoms with Crippen molar-refractivity contribution in [2.45, 2.75) is 37.6 Å². The van der Waals surface area contributed by atoms with Crippen LogP contribution >= 0.6 is 0 Å². The Kier molecular flexibility index (Phi) is 3.60. The predicted octanol–water partition coefficient (Wildman–Crippen LogP) is 1.60. The minimum Gasteiger partial charge on any atom is -0.302 e. The van der Waals surface area contributed by atoms with Gasteiger partial charge in [-0.15, -0.1) is 0 Å². The molecule has 0 amide bonds. The van der Waals surface area contributed by atoms with E-state index in [0.29, 0.717) is 12.6 Å². The van der Waals surface area contributed by atoms with Gasteiger partial charge in [0.05, 0.1) is 5.75 Å². The van der Waals surface area contributed by atoms with Crippen molar-refractivity contribution in [1.82, 2.24) is 9.21 Å². The fourth-order valence-corrected chi connectivity index (χ4v) is 5.31. The summed E-state index contributed by atoms with van der Waals surface area (Å²) in [5, 5.41) is 0. The topological polar surface area (TPSA) is 40.6 Å². The maximum Gasteiger partial charge on any atom is 0.218 e. The number of rotatable bonds is 3. The first-order valence-corrected chi connectivity index (χ1v) is 8.83. The standard InChI is InChI=1S/C15H22N2O2S/c1-12-3-5-13(6-4-12)11-20(18,19)17-10-8-14-15(17)7-9-16(14)2/h3-6,14-15H,7-11H2,1-2H3/t14-,15-/m0/s1. The minimum atomic E-state index is -3.20. The van der Waals surface area contributed by atoms with Gasteiger partial charge in [0.25, 0.3) is 0 Å². The highest BCUT2D eigenvalue weighted by atomic mass is 32.2. The zero-order valence-electron chi connectivity index (χ0n) is 12.1. The second kappa shape index (κ2) is 5.13. The third-order valence-corrected chi connectivity index (χ3v) is 6.50. The van der Waals surface area contributed by atoms with Crippen LogP contribution in [0.3, 0.4) is 0 Å². The van der Waals surface area contributed by atoms with E-state index in [4.69, 9.17) is 0 Å². The van der Waals surface area contributed by atoms with Crippen LogP contribution in [0, 0.1) is 6.92 Å². The second-order valence-corrected chi connectivity index (χ2v) is 7.97. The number of hydrogen-bond donors (Lipinski definition) is 0. The van der Waals surface area contributed by atoms with Crippen LogP contribution < -0.4 is 0 Å². The Balaban J connectivity index is 1.77. The van der Waals surface area contributed by atoms with Gasteiger partial charge in [0.15, 0.2) is 0 Å². The molecule has 0 radical (unpaired) electrons. The summed E-state index contributed by atoms with van der Waals surface area (Å²) < 4.78 is 27.0. The molecule has 0 saturated carbocycles. The van der Waals surface area contributed by atoms with E-state index in [9.17, 15) is 8.42 Å². The molecule has 1 aromatic carbocycles. The predicted molar refractivity (Wildman–Crippen MR) is 79.9 cm³/mol. The first kappa shape index (κ1) is 14.0. The highest BCUT2D eigenvalue weighted by Gasteiger charge is 2.45. The van der Waals surface area contributed by atoms with Crippen molar-refractivity contribution in [1.29, 1.82) is 0 Å². The van der Waals surface area contributed by atoms with Crippen molar-refractivity contribution in [2.24, 2.45) is 0 Å². The third kappa shape index (κ3) is 2.50. The molecule has 2 aliphatic heterocycles. The smallest absolute Gasteiger partial charge is 0.218 e. The van der Waals surface area contributed by atoms with Gasteiger partial charge in [-0.2, -0.15) is 4.31 Å². The third-order valence-electron chi connectivity index (χ3n) is 4.63. The van der Waals surface area contributed by atoms with Gasteiger partial charge < -0.3 is 4.90 Å². The molecule has 2 aliphatic rings. The summed E-state index contributed by atoms with van der Waals surface area (Å²) >= 11 is 0. The molecule has 0 aliphatic carbocycles. The second-order valence-electron chi connectivity index (χ2n) is 6.05. The molecule has 0 N–H and O–H groups in total. The van der Waals surface area contributed by atoms with Crippen molar-refractivity contribution in [3.05, 3.63) is 35.4 Å². The van der Waals surface area contributed by atoms with Crippen LogP contribution in [-0.4, -0.2) is 49.8 Å². The lowest BCUT2D eigenvalue weighted by Crippen LogP contribution is -2.39. The molecule has 3 rings (SSSR count). The molecule has 2 fully saturated rings. The Morgan fingerprint density at radius 3 is 2.45 bits per heavy atom. The van der Waals surface area contributed by atoms with Crippen molar-refractivity contribution in [3.63, 3.8) is 0 Å². The molecule has 1 aromatic rings. The van der Waals surface area contributed by atoms with E-state index in [1.54, 1.807) is 4.31 Å². The zero-order valence-corrected chi connectivity index (χ0v) is 12.9. The van der Waals surface area contributed by atoms with Crippen LogP contribution in [0.1, 0.15) is 24.0 Å². The van der Waals surface area contributed by atoms with Gasteiger partial charge >= 0.3 is 0 Å². The first-order valence-electron chi connectivity index (χ1n) is 7.23. The highest BCUT2D eigenvalue weighted by molar-refractivity contribution is 7.88. The van der Waals surface area contributed by atoms with Crippen LogP contribution in [0.4, 0.5) is 0 Å². The van der Waals surface area contributed by atoms with Crippen LogP contribution in [0.15, 0.2) is 24.3 Å². The monoisotopic (exact) mass is 294 g/mol. The van der Waals surface area contributed by atoms with Gasteiger partial charge in [0.1, 0.15) is 0 Å². The summed E-state index contributed by atoms with van der Waals surface area (Å²) in [6, 6.07) is 8.39. The first-order chi connectivity index (χ1) is 9.47. The molecule has 0 spiro atoms. The average Bonchev–Trinajstić information content (AvgIpc) is 2.96. The number of sulfonamides is 1. The van der Waals surface area contributed by atoms with E-state index < -0.39 is 10.0 Å². The van der Waals surface area contributed by atoms with E-state index in [1.165, 1.54) is 0 Å². The number of fused-ring (bicyclic) bond motifs is 1. The lowest BCUT2D eigenvalue weighted by Gasteiger charge is -2.23. The molecule has 2 saturated heterocycles. The Hall–Kier alpha value is -0.910. The van der Waals surface area contributed by atoms with Crippen LogP contribution in [0.5, 0.6) is 0 Å². The largest absolute Gasteiger partial charge is 0.302 e. The number of hydrogen-bond acceptors (Lipinski definition) is 3. The van der Waals surface area contributed by atoms with E-state index in [0.717, 1.165) is 30.5 Å². The maximum absolute atomic E-state index is 12.6. The van der Waals surface area contributed by atoms with Gasteiger partial charge in [-0.1, -0.05) is 29.8 Å². The summed E-state index contributed by atoms with van der Waals surface area (Å²) in [5.41, 5.74) is 2.04. The van der Waals surface area contributed by atoms with Gasteiger partial charge in [-0.3, -0.25) is 0 Å². The fourth-order valence-electron chi connectivity index (χ4n) is 3.49. The van der Waals surface area contributed by atoms with Crippen molar-refractivity contribution < 1.29 is 8.42 Å². The van der Waals surface area contributed by atoms with Gasteiger partial charge in [-0.25, -0.2) is 8.42 Å². The van der Waals surface area contributed by atoms with Crippen molar-refractivity contribution in [2.75, 3.05) is 20.1 Å². The summed E-state index contributed by atoms with van der Waals surface area (Å²) in [5.74, 6) is 0.125. The Labute approximate surface area is 121 Å². The molecule has 4 nitrogen and oxygen atoms in total. The van der Waals surface area contributed by atoms with E-state index in [1.807, 2.05) is 31.2 Å². The lowest BCUT2D eigenvalue weighted by molar-refractivity contribution is 0.300. The van der Waals surface area contributed by atoms with Crippen LogP contribution in [0.25, 0.3) is 0 Å². The molecule has 20 heavy (non-hydrogen) atoms. The Morgan fingerprint density at radius 2 is 1.75 bits per heavy atom. The number of likely N-dealkylation sites (tertiary alicyclic amines) is 1. The summed E-state index contributed by atoms with van der Waals surface area (Å²) in [4.78, 5) is 2.30. The summed E-state index contributed by atoms with van der Waals surface area (Å²) in [6.07, 6.45) is 1.93. The van der Waals surface area contributed by atoms with Gasteiger partial charge in [-0.05, 0) is 38.9 Å². The molecular formula is C15H22N2O2S. The van der Waals surface area contributed by atoms with E-state index in [-0.39, 0.29) is 11.8 Å². The normalized spacial score (nSPS) is 27.9. The molecule has 0 aromatic heterocycles. The molecule has 0 unspecified atom stereocenters. The molecular weight excluding hydrogens is 272 g/mol. The SMILES string of the molecule is Cc1ccc(CS(=O)(=O)N2CC[C@H]3[C@@H]2CCN3C)cc1. The van der Waals surface area contributed by atoms with Gasteiger partial charge in [0.2, 0.25) is 10.0 Å². The molecule has 2 heterocycles. The molecule has 5 heteroatoms. The molecule has 0 bridgehead atoms. The molecule has 2 atom stereocenters. The maximum atomic E-state index is 12.6. The summed E-state index contributed by atoms with van der Waals surface area (Å²) in [6.45, 7) is 3.69. The fraction of sp³-hybridized carbons (Fsp3) is 0.600. The van der Waals surface area contributed by atoms with E-state index >= 15 is 0 Å². The number of likely N-dealkylation sites (N-methyl/N-ethyl adjacent to an activating group) is 1. The summed E-state index contributed by atoms with van der Waals surface area (Å²) in [7, 11) is -1.10.